The summed E-state index contributed by atoms with van der Waals surface area (Å²) in [5.74, 6) is -1.21. The highest BCUT2D eigenvalue weighted by atomic mass is 19.4. The summed E-state index contributed by atoms with van der Waals surface area (Å²) in [6, 6.07) is 2.15. The van der Waals surface area contributed by atoms with Crippen molar-refractivity contribution in [2.24, 2.45) is 5.92 Å². The number of halogens is 3. The van der Waals surface area contributed by atoms with Gasteiger partial charge in [0, 0.05) is 13.1 Å². The van der Waals surface area contributed by atoms with Crippen molar-refractivity contribution >= 4 is 0 Å². The van der Waals surface area contributed by atoms with Crippen LogP contribution in [0, 0.1) is 17.2 Å². The molecule has 3 nitrogen and oxygen atoms in total. The van der Waals surface area contributed by atoms with Crippen molar-refractivity contribution in [2.45, 2.75) is 37.9 Å². The monoisotopic (exact) mass is 263 g/mol. The molecule has 0 aliphatic carbocycles. The van der Waals surface area contributed by atoms with Crippen molar-refractivity contribution in [1.82, 2.24) is 10.2 Å². The molecule has 0 saturated carbocycles. The molecule has 18 heavy (non-hydrogen) atoms. The van der Waals surface area contributed by atoms with Crippen LogP contribution in [0.25, 0.3) is 0 Å². The Balaban J connectivity index is 2.47. The second-order valence-electron chi connectivity index (χ2n) is 5.13. The molecule has 0 spiro atoms. The van der Waals surface area contributed by atoms with Crippen LogP contribution in [-0.2, 0) is 0 Å². The van der Waals surface area contributed by atoms with Crippen molar-refractivity contribution in [3.8, 4) is 6.07 Å². The number of hydrogen-bond donors (Lipinski definition) is 1. The first-order valence-corrected chi connectivity index (χ1v) is 6.20. The Kier molecular flexibility index (Phi) is 5.00. The van der Waals surface area contributed by atoms with Crippen molar-refractivity contribution in [1.29, 1.82) is 5.26 Å². The molecule has 0 radical (unpaired) electrons. The summed E-state index contributed by atoms with van der Waals surface area (Å²) in [6.07, 6.45) is -2.76. The zero-order valence-corrected chi connectivity index (χ0v) is 10.8. The van der Waals surface area contributed by atoms with Crippen LogP contribution in [0.5, 0.6) is 0 Å². The summed E-state index contributed by atoms with van der Waals surface area (Å²) < 4.78 is 37.9. The standard InChI is InChI=1S/C12H20F3N3/c1-11(9-16,17-2)5-7-18-6-3-4-10(8-18)12(13,14)15/h10,17H,3-8H2,1-2H3. The summed E-state index contributed by atoms with van der Waals surface area (Å²) >= 11 is 0. The molecule has 1 N–H and O–H groups in total. The molecular formula is C12H20F3N3. The molecule has 0 amide bonds. The van der Waals surface area contributed by atoms with Crippen molar-refractivity contribution in [3.63, 3.8) is 0 Å². The molecule has 1 saturated heterocycles. The predicted octanol–water partition coefficient (Wildman–Crippen LogP) is 2.15. The highest BCUT2D eigenvalue weighted by Crippen LogP contribution is 2.33. The molecule has 2 atom stereocenters. The normalized spacial score (nSPS) is 25.4. The summed E-state index contributed by atoms with van der Waals surface area (Å²) in [7, 11) is 1.69. The van der Waals surface area contributed by atoms with E-state index in [1.165, 1.54) is 0 Å². The molecule has 1 aliphatic rings. The molecule has 1 rings (SSSR count). The maximum absolute atomic E-state index is 12.6. The molecule has 6 heteroatoms. The van der Waals surface area contributed by atoms with Gasteiger partial charge in [0.05, 0.1) is 12.0 Å². The van der Waals surface area contributed by atoms with Gasteiger partial charge in [0.2, 0.25) is 0 Å². The molecule has 1 heterocycles. The maximum Gasteiger partial charge on any atom is 0.393 e. The minimum atomic E-state index is -4.10. The van der Waals surface area contributed by atoms with E-state index in [1.54, 1.807) is 14.0 Å². The van der Waals surface area contributed by atoms with Crippen LogP contribution in [0.3, 0.4) is 0 Å². The molecule has 104 valence electrons. The number of alkyl halides is 3. The van der Waals surface area contributed by atoms with E-state index in [2.05, 4.69) is 11.4 Å². The zero-order chi connectivity index (χ0) is 13.8. The molecule has 0 aromatic heterocycles. The molecule has 2 unspecified atom stereocenters. The lowest BCUT2D eigenvalue weighted by molar-refractivity contribution is -0.186. The number of piperidine rings is 1. The van der Waals surface area contributed by atoms with E-state index in [0.717, 1.165) is 0 Å². The maximum atomic E-state index is 12.6. The van der Waals surface area contributed by atoms with Gasteiger partial charge in [0.15, 0.2) is 0 Å². The Labute approximate surface area is 106 Å². The van der Waals surface area contributed by atoms with Gasteiger partial charge in [0.25, 0.3) is 0 Å². The van der Waals surface area contributed by atoms with E-state index in [-0.39, 0.29) is 13.0 Å². The fraction of sp³-hybridized carbons (Fsp3) is 0.917. The number of rotatable bonds is 4. The van der Waals surface area contributed by atoms with Gasteiger partial charge < -0.3 is 10.2 Å². The van der Waals surface area contributed by atoms with Crippen LogP contribution in [-0.4, -0.2) is 43.3 Å². The Morgan fingerprint density at radius 3 is 2.61 bits per heavy atom. The Hall–Kier alpha value is -0.800. The Morgan fingerprint density at radius 1 is 1.44 bits per heavy atom. The second-order valence-corrected chi connectivity index (χ2v) is 5.13. The minimum absolute atomic E-state index is 0.0642. The minimum Gasteiger partial charge on any atom is -0.303 e. The van der Waals surface area contributed by atoms with E-state index in [1.807, 2.05) is 4.90 Å². The summed E-state index contributed by atoms with van der Waals surface area (Å²) in [5, 5.41) is 11.9. The smallest absolute Gasteiger partial charge is 0.303 e. The van der Waals surface area contributed by atoms with E-state index in [9.17, 15) is 13.2 Å². The van der Waals surface area contributed by atoms with Crippen LogP contribution in [0.2, 0.25) is 0 Å². The van der Waals surface area contributed by atoms with E-state index in [4.69, 9.17) is 5.26 Å². The molecule has 1 fully saturated rings. The van der Waals surface area contributed by atoms with Gasteiger partial charge in [-0.15, -0.1) is 0 Å². The summed E-state index contributed by atoms with van der Waals surface area (Å²) in [5.41, 5.74) is -0.662. The van der Waals surface area contributed by atoms with Gasteiger partial charge in [-0.25, -0.2) is 0 Å². The van der Waals surface area contributed by atoms with Gasteiger partial charge in [0.1, 0.15) is 5.54 Å². The fourth-order valence-corrected chi connectivity index (χ4v) is 2.14. The van der Waals surface area contributed by atoms with Gasteiger partial charge in [-0.1, -0.05) is 0 Å². The fourth-order valence-electron chi connectivity index (χ4n) is 2.14. The zero-order valence-electron chi connectivity index (χ0n) is 10.8. The first kappa shape index (κ1) is 15.3. The van der Waals surface area contributed by atoms with Crippen LogP contribution in [0.15, 0.2) is 0 Å². The van der Waals surface area contributed by atoms with Crippen molar-refractivity contribution in [2.75, 3.05) is 26.7 Å². The Bertz CT molecular complexity index is 311. The van der Waals surface area contributed by atoms with Gasteiger partial charge in [-0.3, -0.25) is 0 Å². The van der Waals surface area contributed by atoms with Crippen LogP contribution in [0.1, 0.15) is 26.2 Å². The lowest BCUT2D eigenvalue weighted by atomic mass is 9.95. The van der Waals surface area contributed by atoms with Crippen LogP contribution in [0.4, 0.5) is 13.2 Å². The predicted molar refractivity (Wildman–Crippen MR) is 62.9 cm³/mol. The highest BCUT2D eigenvalue weighted by molar-refractivity contribution is 5.03. The van der Waals surface area contributed by atoms with Gasteiger partial charge in [-0.2, -0.15) is 18.4 Å². The highest BCUT2D eigenvalue weighted by Gasteiger charge is 2.41. The third kappa shape index (κ3) is 4.14. The average Bonchev–Trinajstić information content (AvgIpc) is 2.35. The summed E-state index contributed by atoms with van der Waals surface area (Å²) in [4.78, 5) is 1.81. The van der Waals surface area contributed by atoms with Crippen molar-refractivity contribution in [3.05, 3.63) is 0 Å². The van der Waals surface area contributed by atoms with E-state index < -0.39 is 17.6 Å². The first-order chi connectivity index (χ1) is 8.30. The average molecular weight is 263 g/mol. The van der Waals surface area contributed by atoms with Crippen LogP contribution < -0.4 is 5.32 Å². The van der Waals surface area contributed by atoms with Crippen molar-refractivity contribution < 1.29 is 13.2 Å². The number of nitriles is 1. The molecule has 1 aliphatic heterocycles. The molecular weight excluding hydrogens is 243 g/mol. The third-order valence-electron chi connectivity index (χ3n) is 3.69. The topological polar surface area (TPSA) is 39.1 Å². The molecule has 0 aromatic carbocycles. The second kappa shape index (κ2) is 5.89. The number of likely N-dealkylation sites (tertiary alicyclic amines) is 1. The first-order valence-electron chi connectivity index (χ1n) is 6.20. The molecule has 0 aromatic rings. The van der Waals surface area contributed by atoms with Crippen LogP contribution >= 0.6 is 0 Å². The lowest BCUT2D eigenvalue weighted by Gasteiger charge is -2.35. The molecule has 0 bridgehead atoms. The number of nitrogens with one attached hydrogen (secondary N) is 1. The SMILES string of the molecule is CNC(C)(C#N)CCN1CCCC(C(F)(F)F)C1. The third-order valence-corrected chi connectivity index (χ3v) is 3.69. The largest absolute Gasteiger partial charge is 0.393 e. The number of hydrogen-bond acceptors (Lipinski definition) is 3. The van der Waals surface area contributed by atoms with Gasteiger partial charge in [-0.05, 0) is 39.8 Å². The van der Waals surface area contributed by atoms with Gasteiger partial charge >= 0.3 is 6.18 Å². The quantitative estimate of drug-likeness (QED) is 0.844. The van der Waals surface area contributed by atoms with E-state index in [0.29, 0.717) is 25.9 Å². The lowest BCUT2D eigenvalue weighted by Crippen LogP contribution is -2.46. The summed E-state index contributed by atoms with van der Waals surface area (Å²) in [6.45, 7) is 3.04. The Morgan fingerprint density at radius 2 is 2.11 bits per heavy atom. The van der Waals surface area contributed by atoms with E-state index >= 15 is 0 Å². The number of nitrogens with zero attached hydrogens (tertiary/aromatic N) is 2.